The SMILES string of the molecule is CC1CCCC1NC(=O)c1cc([N+](=O)[O-])ccc1I. The summed E-state index contributed by atoms with van der Waals surface area (Å²) in [6.07, 6.45) is 3.23. The van der Waals surface area contributed by atoms with Gasteiger partial charge >= 0.3 is 0 Å². The highest BCUT2D eigenvalue weighted by molar-refractivity contribution is 14.1. The second-order valence-electron chi connectivity index (χ2n) is 4.91. The Morgan fingerprint density at radius 3 is 2.79 bits per heavy atom. The van der Waals surface area contributed by atoms with Crippen LogP contribution in [0.1, 0.15) is 36.5 Å². The Bertz CT molecular complexity index is 519. The summed E-state index contributed by atoms with van der Waals surface area (Å²) in [6, 6.07) is 4.54. The summed E-state index contributed by atoms with van der Waals surface area (Å²) in [6.45, 7) is 2.12. The molecule has 0 saturated heterocycles. The summed E-state index contributed by atoms with van der Waals surface area (Å²) in [5, 5.41) is 13.7. The lowest BCUT2D eigenvalue weighted by atomic mass is 10.1. The van der Waals surface area contributed by atoms with Crippen molar-refractivity contribution in [2.24, 2.45) is 5.92 Å². The van der Waals surface area contributed by atoms with Crippen molar-refractivity contribution in [2.75, 3.05) is 0 Å². The van der Waals surface area contributed by atoms with E-state index in [0.29, 0.717) is 11.5 Å². The molecule has 0 heterocycles. The van der Waals surface area contributed by atoms with Gasteiger partial charge in [-0.05, 0) is 47.4 Å². The van der Waals surface area contributed by atoms with E-state index in [1.807, 2.05) is 22.6 Å². The molecule has 5 nitrogen and oxygen atoms in total. The smallest absolute Gasteiger partial charge is 0.270 e. The topological polar surface area (TPSA) is 72.2 Å². The van der Waals surface area contributed by atoms with Crippen molar-refractivity contribution in [2.45, 2.75) is 32.2 Å². The van der Waals surface area contributed by atoms with Crippen molar-refractivity contribution in [3.8, 4) is 0 Å². The molecule has 2 atom stereocenters. The molecular weight excluding hydrogens is 359 g/mol. The summed E-state index contributed by atoms with van der Waals surface area (Å²) in [4.78, 5) is 22.5. The number of rotatable bonds is 3. The molecule has 1 saturated carbocycles. The van der Waals surface area contributed by atoms with Crippen LogP contribution in [-0.2, 0) is 0 Å². The van der Waals surface area contributed by atoms with E-state index in [0.717, 1.165) is 22.8 Å². The lowest BCUT2D eigenvalue weighted by Crippen LogP contribution is -2.36. The number of hydrogen-bond acceptors (Lipinski definition) is 3. The highest BCUT2D eigenvalue weighted by atomic mass is 127. The van der Waals surface area contributed by atoms with Crippen LogP contribution in [0.15, 0.2) is 18.2 Å². The minimum Gasteiger partial charge on any atom is -0.349 e. The molecule has 0 spiro atoms. The van der Waals surface area contributed by atoms with Gasteiger partial charge in [-0.1, -0.05) is 13.3 Å². The maximum atomic E-state index is 12.2. The van der Waals surface area contributed by atoms with Crippen molar-refractivity contribution in [1.29, 1.82) is 0 Å². The fourth-order valence-corrected chi connectivity index (χ4v) is 2.99. The lowest BCUT2D eigenvalue weighted by Gasteiger charge is -2.17. The third kappa shape index (κ3) is 3.23. The number of nitrogens with zero attached hydrogens (tertiary/aromatic N) is 1. The lowest BCUT2D eigenvalue weighted by molar-refractivity contribution is -0.384. The minimum atomic E-state index is -0.481. The number of nitro groups is 1. The molecule has 1 aliphatic carbocycles. The fourth-order valence-electron chi connectivity index (χ4n) is 2.41. The van der Waals surface area contributed by atoms with Gasteiger partial charge in [-0.25, -0.2) is 0 Å². The highest BCUT2D eigenvalue weighted by Crippen LogP contribution is 2.26. The molecule has 0 bridgehead atoms. The Hall–Kier alpha value is -1.18. The number of non-ortho nitro benzene ring substituents is 1. The van der Waals surface area contributed by atoms with Crippen LogP contribution in [0.3, 0.4) is 0 Å². The van der Waals surface area contributed by atoms with Gasteiger partial charge in [0.15, 0.2) is 0 Å². The van der Waals surface area contributed by atoms with E-state index in [1.54, 1.807) is 6.07 Å². The van der Waals surface area contributed by atoms with Gasteiger partial charge in [-0.15, -0.1) is 0 Å². The molecule has 1 N–H and O–H groups in total. The number of benzene rings is 1. The molecule has 1 amide bonds. The van der Waals surface area contributed by atoms with Gasteiger partial charge in [0.2, 0.25) is 0 Å². The maximum absolute atomic E-state index is 12.2. The van der Waals surface area contributed by atoms with E-state index < -0.39 is 4.92 Å². The Morgan fingerprint density at radius 1 is 1.47 bits per heavy atom. The average Bonchev–Trinajstić information content (AvgIpc) is 2.75. The molecule has 0 radical (unpaired) electrons. The number of hydrogen-bond donors (Lipinski definition) is 1. The van der Waals surface area contributed by atoms with Crippen LogP contribution in [0.4, 0.5) is 5.69 Å². The van der Waals surface area contributed by atoms with Gasteiger partial charge in [0.1, 0.15) is 0 Å². The number of amides is 1. The molecule has 2 unspecified atom stereocenters. The Kier molecular flexibility index (Phi) is 4.38. The van der Waals surface area contributed by atoms with Crippen LogP contribution in [0.25, 0.3) is 0 Å². The average molecular weight is 374 g/mol. The molecular formula is C13H15IN2O3. The van der Waals surface area contributed by atoms with Crippen LogP contribution >= 0.6 is 22.6 Å². The van der Waals surface area contributed by atoms with Crippen molar-refractivity contribution >= 4 is 34.2 Å². The van der Waals surface area contributed by atoms with Crippen LogP contribution in [-0.4, -0.2) is 16.9 Å². The van der Waals surface area contributed by atoms with E-state index in [-0.39, 0.29) is 17.6 Å². The number of nitrogens with one attached hydrogen (secondary N) is 1. The predicted molar refractivity (Wildman–Crippen MR) is 80.1 cm³/mol. The third-order valence-corrected chi connectivity index (χ3v) is 4.52. The summed E-state index contributed by atoms with van der Waals surface area (Å²) in [7, 11) is 0. The number of halogens is 1. The summed E-state index contributed by atoms with van der Waals surface area (Å²) < 4.78 is 0.728. The highest BCUT2D eigenvalue weighted by Gasteiger charge is 2.26. The van der Waals surface area contributed by atoms with Gasteiger partial charge in [0.05, 0.1) is 10.5 Å². The van der Waals surface area contributed by atoms with Crippen LogP contribution in [0.5, 0.6) is 0 Å². The number of carbonyl (C=O) groups excluding carboxylic acids is 1. The van der Waals surface area contributed by atoms with Crippen LogP contribution < -0.4 is 5.32 Å². The molecule has 0 aromatic heterocycles. The quantitative estimate of drug-likeness (QED) is 0.502. The predicted octanol–water partition coefficient (Wildman–Crippen LogP) is 3.12. The largest absolute Gasteiger partial charge is 0.349 e. The first-order chi connectivity index (χ1) is 8.99. The second kappa shape index (κ2) is 5.85. The summed E-state index contributed by atoms with van der Waals surface area (Å²) in [5.74, 6) is 0.257. The molecule has 19 heavy (non-hydrogen) atoms. The first-order valence-corrected chi connectivity index (χ1v) is 7.31. The van der Waals surface area contributed by atoms with Crippen LogP contribution in [0.2, 0.25) is 0 Å². The normalized spacial score (nSPS) is 22.2. The van der Waals surface area contributed by atoms with E-state index in [2.05, 4.69) is 12.2 Å². The van der Waals surface area contributed by atoms with E-state index >= 15 is 0 Å². The van der Waals surface area contributed by atoms with Gasteiger partial charge in [0.25, 0.3) is 11.6 Å². The Labute approximate surface area is 125 Å². The number of carbonyl (C=O) groups is 1. The third-order valence-electron chi connectivity index (χ3n) is 3.58. The first-order valence-electron chi connectivity index (χ1n) is 6.24. The monoisotopic (exact) mass is 374 g/mol. The van der Waals surface area contributed by atoms with Gasteiger partial charge in [-0.3, -0.25) is 14.9 Å². The molecule has 6 heteroatoms. The van der Waals surface area contributed by atoms with Crippen molar-refractivity contribution in [1.82, 2.24) is 5.32 Å². The van der Waals surface area contributed by atoms with Crippen LogP contribution in [0, 0.1) is 19.6 Å². The van der Waals surface area contributed by atoms with Crippen molar-refractivity contribution < 1.29 is 9.72 Å². The zero-order valence-corrected chi connectivity index (χ0v) is 12.7. The standard InChI is InChI=1S/C13H15IN2O3/c1-8-3-2-4-12(8)15-13(17)10-7-9(16(18)19)5-6-11(10)14/h5-8,12H,2-4H2,1H3,(H,15,17). The zero-order chi connectivity index (χ0) is 14.0. The zero-order valence-electron chi connectivity index (χ0n) is 10.6. The Balaban J connectivity index is 2.18. The summed E-state index contributed by atoms with van der Waals surface area (Å²) >= 11 is 2.02. The van der Waals surface area contributed by atoms with Gasteiger partial charge in [-0.2, -0.15) is 0 Å². The minimum absolute atomic E-state index is 0.0509. The Morgan fingerprint density at radius 2 is 2.21 bits per heavy atom. The molecule has 1 aliphatic rings. The molecule has 1 fully saturated rings. The molecule has 0 aliphatic heterocycles. The summed E-state index contributed by atoms with van der Waals surface area (Å²) in [5.41, 5.74) is 0.332. The number of nitro benzene ring substituents is 1. The maximum Gasteiger partial charge on any atom is 0.270 e. The first kappa shape index (κ1) is 14.2. The van der Waals surface area contributed by atoms with E-state index in [9.17, 15) is 14.9 Å². The van der Waals surface area contributed by atoms with Crippen molar-refractivity contribution in [3.63, 3.8) is 0 Å². The molecule has 102 valence electrons. The van der Waals surface area contributed by atoms with Crippen molar-refractivity contribution in [3.05, 3.63) is 37.4 Å². The van der Waals surface area contributed by atoms with E-state index in [1.165, 1.54) is 12.1 Å². The van der Waals surface area contributed by atoms with E-state index in [4.69, 9.17) is 0 Å². The molecule has 1 aromatic rings. The molecule has 1 aromatic carbocycles. The molecule has 2 rings (SSSR count). The van der Waals surface area contributed by atoms with Gasteiger partial charge in [0, 0.05) is 21.7 Å². The second-order valence-corrected chi connectivity index (χ2v) is 6.07. The van der Waals surface area contributed by atoms with Gasteiger partial charge < -0.3 is 5.32 Å². The fraction of sp³-hybridized carbons (Fsp3) is 0.462.